The quantitative estimate of drug-likeness (QED) is 0.775. The molecule has 0 radical (unpaired) electrons. The smallest absolute Gasteiger partial charge is 0.0808 e. The predicted molar refractivity (Wildman–Crippen MR) is 83.1 cm³/mol. The van der Waals surface area contributed by atoms with E-state index in [4.69, 9.17) is 9.47 Å². The Morgan fingerprint density at radius 2 is 1.95 bits per heavy atom. The van der Waals surface area contributed by atoms with Gasteiger partial charge in [-0.3, -0.25) is 0 Å². The largest absolute Gasteiger partial charge is 0.376 e. The molecule has 1 saturated carbocycles. The lowest BCUT2D eigenvalue weighted by Gasteiger charge is -2.41. The lowest BCUT2D eigenvalue weighted by Crippen LogP contribution is -2.47. The van der Waals surface area contributed by atoms with Crippen molar-refractivity contribution in [3.8, 4) is 0 Å². The van der Waals surface area contributed by atoms with E-state index in [2.05, 4.69) is 19.2 Å². The van der Waals surface area contributed by atoms with Gasteiger partial charge in [-0.05, 0) is 57.4 Å². The Balaban J connectivity index is 1.82. The van der Waals surface area contributed by atoms with E-state index >= 15 is 0 Å². The highest BCUT2D eigenvalue weighted by Crippen LogP contribution is 2.36. The third-order valence-corrected chi connectivity index (χ3v) is 5.14. The third-order valence-electron chi connectivity index (χ3n) is 5.14. The van der Waals surface area contributed by atoms with Crippen molar-refractivity contribution >= 4 is 0 Å². The molecule has 2 rings (SSSR count). The SMILES string of the molecule is CCNCC1(OCC2CCCCO2)CCC(CC)CC1. The van der Waals surface area contributed by atoms with Crippen LogP contribution < -0.4 is 5.32 Å². The molecule has 0 spiro atoms. The lowest BCUT2D eigenvalue weighted by atomic mass is 9.77. The Labute approximate surface area is 124 Å². The van der Waals surface area contributed by atoms with Gasteiger partial charge >= 0.3 is 0 Å². The summed E-state index contributed by atoms with van der Waals surface area (Å²) >= 11 is 0. The molecule has 3 heteroatoms. The maximum absolute atomic E-state index is 6.42. The highest BCUT2D eigenvalue weighted by Gasteiger charge is 2.36. The van der Waals surface area contributed by atoms with Gasteiger partial charge in [0, 0.05) is 13.2 Å². The van der Waals surface area contributed by atoms with Gasteiger partial charge in [-0.1, -0.05) is 20.3 Å². The van der Waals surface area contributed by atoms with Gasteiger partial charge in [-0.15, -0.1) is 0 Å². The summed E-state index contributed by atoms with van der Waals surface area (Å²) in [4.78, 5) is 0. The van der Waals surface area contributed by atoms with Gasteiger partial charge in [-0.25, -0.2) is 0 Å². The van der Waals surface area contributed by atoms with E-state index in [1.165, 1.54) is 51.4 Å². The van der Waals surface area contributed by atoms with Crippen molar-refractivity contribution in [2.24, 2.45) is 5.92 Å². The lowest BCUT2D eigenvalue weighted by molar-refractivity contribution is -0.123. The number of likely N-dealkylation sites (N-methyl/N-ethyl adjacent to an activating group) is 1. The van der Waals surface area contributed by atoms with Gasteiger partial charge in [-0.2, -0.15) is 0 Å². The highest BCUT2D eigenvalue weighted by atomic mass is 16.5. The van der Waals surface area contributed by atoms with Crippen LogP contribution in [0.2, 0.25) is 0 Å². The number of ether oxygens (including phenoxy) is 2. The van der Waals surface area contributed by atoms with Crippen LogP contribution in [0.15, 0.2) is 0 Å². The van der Waals surface area contributed by atoms with Crippen LogP contribution >= 0.6 is 0 Å². The molecule has 0 aromatic rings. The van der Waals surface area contributed by atoms with Gasteiger partial charge in [0.25, 0.3) is 0 Å². The molecule has 2 fully saturated rings. The fourth-order valence-corrected chi connectivity index (χ4v) is 3.55. The van der Waals surface area contributed by atoms with Crippen LogP contribution in [-0.4, -0.2) is 38.0 Å². The first-order chi connectivity index (χ1) is 9.78. The summed E-state index contributed by atoms with van der Waals surface area (Å²) in [6, 6.07) is 0. The van der Waals surface area contributed by atoms with Gasteiger partial charge < -0.3 is 14.8 Å². The molecule has 118 valence electrons. The van der Waals surface area contributed by atoms with E-state index in [-0.39, 0.29) is 5.60 Å². The minimum atomic E-state index is 0.0719. The summed E-state index contributed by atoms with van der Waals surface area (Å²) in [5.41, 5.74) is 0.0719. The standard InChI is InChI=1S/C17H33NO2/c1-3-15-8-10-17(11-9-15,14-18-4-2)20-13-16-7-5-6-12-19-16/h15-16,18H,3-14H2,1-2H3. The van der Waals surface area contributed by atoms with Gasteiger partial charge in [0.05, 0.1) is 18.3 Å². The van der Waals surface area contributed by atoms with Crippen LogP contribution in [0.1, 0.15) is 65.2 Å². The maximum atomic E-state index is 6.42. The van der Waals surface area contributed by atoms with Crippen molar-refractivity contribution in [2.75, 3.05) is 26.3 Å². The molecule has 1 heterocycles. The Morgan fingerprint density at radius 1 is 1.15 bits per heavy atom. The minimum Gasteiger partial charge on any atom is -0.376 e. The number of hydrogen-bond acceptors (Lipinski definition) is 3. The van der Waals surface area contributed by atoms with E-state index in [1.54, 1.807) is 0 Å². The first-order valence-electron chi connectivity index (χ1n) is 8.74. The van der Waals surface area contributed by atoms with E-state index in [9.17, 15) is 0 Å². The summed E-state index contributed by atoms with van der Waals surface area (Å²) in [6.07, 6.45) is 10.4. The summed E-state index contributed by atoms with van der Waals surface area (Å²) in [5.74, 6) is 0.916. The molecule has 1 atom stereocenters. The molecular formula is C17H33NO2. The molecule has 0 amide bonds. The molecule has 1 aliphatic heterocycles. The van der Waals surface area contributed by atoms with Crippen molar-refractivity contribution < 1.29 is 9.47 Å². The van der Waals surface area contributed by atoms with Crippen molar-refractivity contribution in [3.63, 3.8) is 0 Å². The molecule has 3 nitrogen and oxygen atoms in total. The second-order valence-electron chi connectivity index (χ2n) is 6.61. The third kappa shape index (κ3) is 4.71. The zero-order valence-electron chi connectivity index (χ0n) is 13.5. The van der Waals surface area contributed by atoms with E-state index in [0.717, 1.165) is 32.2 Å². The first-order valence-corrected chi connectivity index (χ1v) is 8.74. The molecule has 0 bridgehead atoms. The second kappa shape index (κ2) is 8.35. The topological polar surface area (TPSA) is 30.5 Å². The Morgan fingerprint density at radius 3 is 2.55 bits per heavy atom. The molecule has 1 N–H and O–H groups in total. The summed E-state index contributed by atoms with van der Waals surface area (Å²) in [6.45, 7) is 8.25. The van der Waals surface area contributed by atoms with E-state index in [0.29, 0.717) is 6.10 Å². The number of hydrogen-bond donors (Lipinski definition) is 1. The first kappa shape index (κ1) is 16.3. The van der Waals surface area contributed by atoms with Gasteiger partial charge in [0.1, 0.15) is 0 Å². The second-order valence-corrected chi connectivity index (χ2v) is 6.61. The Kier molecular flexibility index (Phi) is 6.79. The molecule has 2 aliphatic rings. The van der Waals surface area contributed by atoms with Crippen LogP contribution in [0.4, 0.5) is 0 Å². The van der Waals surface area contributed by atoms with Crippen molar-refractivity contribution in [1.29, 1.82) is 0 Å². The summed E-state index contributed by atoms with van der Waals surface area (Å²) in [7, 11) is 0. The van der Waals surface area contributed by atoms with Crippen LogP contribution in [0.3, 0.4) is 0 Å². The van der Waals surface area contributed by atoms with E-state index < -0.39 is 0 Å². The Bertz CT molecular complexity index is 256. The average molecular weight is 283 g/mol. The Hall–Kier alpha value is -0.120. The van der Waals surface area contributed by atoms with Crippen molar-refractivity contribution in [3.05, 3.63) is 0 Å². The number of rotatable bonds is 7. The summed E-state index contributed by atoms with van der Waals surface area (Å²) in [5, 5.41) is 3.51. The van der Waals surface area contributed by atoms with Gasteiger partial charge in [0.15, 0.2) is 0 Å². The zero-order valence-corrected chi connectivity index (χ0v) is 13.5. The molecule has 1 unspecified atom stereocenters. The van der Waals surface area contributed by atoms with Crippen molar-refractivity contribution in [2.45, 2.75) is 76.9 Å². The minimum absolute atomic E-state index is 0.0719. The fraction of sp³-hybridized carbons (Fsp3) is 1.00. The molecule has 0 aromatic carbocycles. The van der Waals surface area contributed by atoms with Crippen LogP contribution in [0, 0.1) is 5.92 Å². The average Bonchev–Trinajstić information content (AvgIpc) is 2.53. The van der Waals surface area contributed by atoms with Crippen LogP contribution in [-0.2, 0) is 9.47 Å². The summed E-state index contributed by atoms with van der Waals surface area (Å²) < 4.78 is 12.2. The normalized spacial score (nSPS) is 35.1. The van der Waals surface area contributed by atoms with Crippen LogP contribution in [0.5, 0.6) is 0 Å². The van der Waals surface area contributed by atoms with Crippen molar-refractivity contribution in [1.82, 2.24) is 5.32 Å². The predicted octanol–water partition coefficient (Wildman–Crippen LogP) is 3.52. The molecule has 1 aliphatic carbocycles. The maximum Gasteiger partial charge on any atom is 0.0808 e. The zero-order chi connectivity index (χ0) is 14.3. The van der Waals surface area contributed by atoms with E-state index in [1.807, 2.05) is 0 Å². The molecular weight excluding hydrogens is 250 g/mol. The molecule has 1 saturated heterocycles. The highest BCUT2D eigenvalue weighted by molar-refractivity contribution is 4.89. The monoisotopic (exact) mass is 283 g/mol. The van der Waals surface area contributed by atoms with Gasteiger partial charge in [0.2, 0.25) is 0 Å². The fourth-order valence-electron chi connectivity index (χ4n) is 3.55. The van der Waals surface area contributed by atoms with Crippen LogP contribution in [0.25, 0.3) is 0 Å². The molecule has 0 aromatic heterocycles. The number of nitrogens with one attached hydrogen (secondary N) is 1. The molecule has 20 heavy (non-hydrogen) atoms.